The van der Waals surface area contributed by atoms with Crippen LogP contribution in [0.5, 0.6) is 5.75 Å². The molecule has 2 saturated heterocycles. The van der Waals surface area contributed by atoms with Crippen LogP contribution in [0.4, 0.5) is 5.69 Å². The minimum absolute atomic E-state index is 0.00703. The summed E-state index contributed by atoms with van der Waals surface area (Å²) in [7, 11) is 2.97. The Kier molecular flexibility index (Phi) is 4.19. The van der Waals surface area contributed by atoms with Crippen LogP contribution < -0.4 is 9.64 Å². The SMILES string of the molecule is COC(=O)C(O)C12CCCN3CCC4(c5cccc(OC)c5N(C=O)C4CC1)C32. The zero-order valence-electron chi connectivity index (χ0n) is 17.0. The Bertz CT molecular complexity index is 860. The van der Waals surface area contributed by atoms with E-state index in [0.717, 1.165) is 56.4 Å². The highest BCUT2D eigenvalue weighted by molar-refractivity contribution is 5.87. The minimum Gasteiger partial charge on any atom is -0.495 e. The van der Waals surface area contributed by atoms with Crippen molar-refractivity contribution in [1.82, 2.24) is 4.90 Å². The number of benzene rings is 1. The minimum atomic E-state index is -1.16. The Balaban J connectivity index is 1.73. The summed E-state index contributed by atoms with van der Waals surface area (Å²) >= 11 is 0. The second-order valence-electron chi connectivity index (χ2n) is 8.91. The number of rotatable bonds is 4. The third-order valence-corrected chi connectivity index (χ3v) is 8.17. The van der Waals surface area contributed by atoms with E-state index < -0.39 is 17.5 Å². The van der Waals surface area contributed by atoms with Gasteiger partial charge in [-0.2, -0.15) is 0 Å². The van der Waals surface area contributed by atoms with E-state index >= 15 is 0 Å². The molecule has 5 unspecified atom stereocenters. The number of nitrogens with zero attached hydrogens (tertiary/aromatic N) is 2. The average Bonchev–Trinajstić information content (AvgIpc) is 3.29. The smallest absolute Gasteiger partial charge is 0.335 e. The highest BCUT2D eigenvalue weighted by atomic mass is 16.5. The number of carbonyl (C=O) groups excluding carboxylic acids is 2. The van der Waals surface area contributed by atoms with E-state index in [0.29, 0.717) is 12.2 Å². The van der Waals surface area contributed by atoms with Crippen molar-refractivity contribution in [3.8, 4) is 5.75 Å². The topological polar surface area (TPSA) is 79.3 Å². The molecular weight excluding hydrogens is 372 g/mol. The molecule has 1 aromatic rings. The summed E-state index contributed by atoms with van der Waals surface area (Å²) in [6, 6.07) is 5.99. The first-order chi connectivity index (χ1) is 14.0. The van der Waals surface area contributed by atoms with Gasteiger partial charge in [0, 0.05) is 22.9 Å². The van der Waals surface area contributed by atoms with Gasteiger partial charge in [-0.1, -0.05) is 12.1 Å². The van der Waals surface area contributed by atoms with Gasteiger partial charge >= 0.3 is 5.97 Å². The molecule has 7 heteroatoms. The first-order valence-electron chi connectivity index (χ1n) is 10.5. The molecular formula is C22H28N2O5. The summed E-state index contributed by atoms with van der Waals surface area (Å²) in [5, 5.41) is 11.2. The number of piperidine rings is 1. The lowest BCUT2D eigenvalue weighted by Gasteiger charge is -2.59. The van der Waals surface area contributed by atoms with Crippen molar-refractivity contribution in [1.29, 1.82) is 0 Å². The number of ether oxygens (including phenoxy) is 2. The molecule has 3 aliphatic heterocycles. The van der Waals surface area contributed by atoms with Crippen molar-refractivity contribution in [2.75, 3.05) is 32.2 Å². The quantitative estimate of drug-likeness (QED) is 0.609. The molecule has 5 rings (SSSR count). The third kappa shape index (κ3) is 2.15. The molecule has 1 N–H and O–H groups in total. The molecule has 5 atom stereocenters. The number of aliphatic hydroxyl groups excluding tert-OH is 1. The number of fused-ring (bicyclic) bond motifs is 1. The van der Waals surface area contributed by atoms with Crippen molar-refractivity contribution in [2.45, 2.75) is 55.7 Å². The molecule has 1 aliphatic carbocycles. The molecule has 1 saturated carbocycles. The highest BCUT2D eigenvalue weighted by Gasteiger charge is 2.71. The summed E-state index contributed by atoms with van der Waals surface area (Å²) in [5.74, 6) is 0.148. The van der Waals surface area contributed by atoms with Gasteiger partial charge in [0.25, 0.3) is 0 Å². The van der Waals surface area contributed by atoms with Crippen LogP contribution in [0.3, 0.4) is 0 Å². The molecule has 3 fully saturated rings. The lowest BCUT2D eigenvalue weighted by molar-refractivity contribution is -0.172. The number of carbonyl (C=O) groups is 2. The van der Waals surface area contributed by atoms with Crippen LogP contribution in [-0.2, 0) is 19.7 Å². The molecule has 7 nitrogen and oxygen atoms in total. The fourth-order valence-corrected chi connectivity index (χ4v) is 7.29. The number of para-hydroxylation sites is 1. The molecule has 0 radical (unpaired) electrons. The summed E-state index contributed by atoms with van der Waals surface area (Å²) < 4.78 is 10.6. The summed E-state index contributed by atoms with van der Waals surface area (Å²) in [6.07, 6.45) is 3.85. The summed E-state index contributed by atoms with van der Waals surface area (Å²) in [6.45, 7) is 1.86. The standard InChI is InChI=1S/C22H28N2O5/c1-28-15-6-3-5-14-17(15)24(13-25)16-7-9-21(18(26)19(27)29-2)8-4-11-23-12-10-22(14,16)20(21)23/h3,5-6,13,16,18,20,26H,4,7-12H2,1-2H3. The van der Waals surface area contributed by atoms with Gasteiger partial charge in [0.15, 0.2) is 6.10 Å². The fraction of sp³-hybridized carbons (Fsp3) is 0.636. The van der Waals surface area contributed by atoms with Crippen LogP contribution in [-0.4, -0.2) is 67.9 Å². The van der Waals surface area contributed by atoms with E-state index in [1.165, 1.54) is 7.11 Å². The number of amides is 1. The second kappa shape index (κ2) is 6.44. The van der Waals surface area contributed by atoms with Crippen molar-refractivity contribution in [3.63, 3.8) is 0 Å². The lowest BCUT2D eigenvalue weighted by atomic mass is 9.51. The Morgan fingerprint density at radius 3 is 2.83 bits per heavy atom. The summed E-state index contributed by atoms with van der Waals surface area (Å²) in [5.41, 5.74) is 1.10. The number of methoxy groups -OCH3 is 2. The van der Waals surface area contributed by atoms with Gasteiger partial charge in [-0.15, -0.1) is 0 Å². The zero-order valence-corrected chi connectivity index (χ0v) is 17.0. The number of aliphatic hydroxyl groups is 1. The largest absolute Gasteiger partial charge is 0.495 e. The van der Waals surface area contributed by atoms with E-state index in [2.05, 4.69) is 11.0 Å². The highest BCUT2D eigenvalue weighted by Crippen LogP contribution is 2.66. The fourth-order valence-electron chi connectivity index (χ4n) is 7.29. The van der Waals surface area contributed by atoms with Gasteiger partial charge in [-0.3, -0.25) is 9.69 Å². The molecule has 156 valence electrons. The molecule has 29 heavy (non-hydrogen) atoms. The molecule has 0 aromatic heterocycles. The number of hydrogen-bond acceptors (Lipinski definition) is 6. The van der Waals surface area contributed by atoms with Crippen LogP contribution in [0.1, 0.15) is 37.7 Å². The van der Waals surface area contributed by atoms with Gasteiger partial charge < -0.3 is 19.5 Å². The van der Waals surface area contributed by atoms with E-state index in [9.17, 15) is 14.7 Å². The van der Waals surface area contributed by atoms with Crippen LogP contribution >= 0.6 is 0 Å². The molecule has 1 aromatic carbocycles. The molecule has 4 aliphatic rings. The van der Waals surface area contributed by atoms with Gasteiger partial charge in [0.2, 0.25) is 6.41 Å². The van der Waals surface area contributed by atoms with Gasteiger partial charge in [0.05, 0.1) is 19.9 Å². The van der Waals surface area contributed by atoms with Gasteiger partial charge in [0.1, 0.15) is 5.75 Å². The predicted molar refractivity (Wildman–Crippen MR) is 106 cm³/mol. The van der Waals surface area contributed by atoms with Crippen molar-refractivity contribution < 1.29 is 24.2 Å². The normalized spacial score (nSPS) is 36.0. The Morgan fingerprint density at radius 1 is 1.28 bits per heavy atom. The maximum Gasteiger partial charge on any atom is 0.335 e. The third-order valence-electron chi connectivity index (χ3n) is 8.17. The van der Waals surface area contributed by atoms with Crippen molar-refractivity contribution >= 4 is 18.1 Å². The monoisotopic (exact) mass is 400 g/mol. The summed E-state index contributed by atoms with van der Waals surface area (Å²) in [4.78, 5) is 29.0. The maximum atomic E-state index is 12.5. The first kappa shape index (κ1) is 18.9. The van der Waals surface area contributed by atoms with Crippen LogP contribution in [0, 0.1) is 5.41 Å². The van der Waals surface area contributed by atoms with E-state index in [1.807, 2.05) is 17.0 Å². The zero-order chi connectivity index (χ0) is 20.4. The van der Waals surface area contributed by atoms with Gasteiger partial charge in [-0.05, 0) is 56.8 Å². The Hall–Kier alpha value is -2.12. The van der Waals surface area contributed by atoms with Crippen LogP contribution in [0.2, 0.25) is 0 Å². The lowest BCUT2D eigenvalue weighted by Crippen LogP contribution is -2.68. The Morgan fingerprint density at radius 2 is 2.10 bits per heavy atom. The van der Waals surface area contributed by atoms with Crippen molar-refractivity contribution in [3.05, 3.63) is 23.8 Å². The number of hydrogen-bond donors (Lipinski definition) is 1. The Labute approximate surface area is 170 Å². The van der Waals surface area contributed by atoms with Crippen LogP contribution in [0.25, 0.3) is 0 Å². The molecule has 1 spiro atoms. The predicted octanol–water partition coefficient (Wildman–Crippen LogP) is 1.46. The number of esters is 1. The molecule has 3 heterocycles. The van der Waals surface area contributed by atoms with E-state index in [4.69, 9.17) is 9.47 Å². The van der Waals surface area contributed by atoms with E-state index in [1.54, 1.807) is 7.11 Å². The second-order valence-corrected chi connectivity index (χ2v) is 8.91. The van der Waals surface area contributed by atoms with Gasteiger partial charge in [-0.25, -0.2) is 4.79 Å². The maximum absolute atomic E-state index is 12.5. The average molecular weight is 400 g/mol. The van der Waals surface area contributed by atoms with Crippen LogP contribution in [0.15, 0.2) is 18.2 Å². The number of anilines is 1. The molecule has 0 bridgehead atoms. The van der Waals surface area contributed by atoms with Crippen molar-refractivity contribution in [2.24, 2.45) is 5.41 Å². The van der Waals surface area contributed by atoms with E-state index in [-0.39, 0.29) is 17.5 Å². The molecule has 1 amide bonds. The first-order valence-corrected chi connectivity index (χ1v) is 10.5.